The van der Waals surface area contributed by atoms with E-state index >= 15 is 0 Å². The number of hydrogen-bond acceptors (Lipinski definition) is 3. The van der Waals surface area contributed by atoms with Crippen LogP contribution in [0.3, 0.4) is 0 Å². The first-order valence-corrected chi connectivity index (χ1v) is 5.96. The second-order valence-corrected chi connectivity index (χ2v) is 3.96. The first-order valence-electron chi connectivity index (χ1n) is 5.96. The van der Waals surface area contributed by atoms with E-state index in [1.54, 1.807) is 6.33 Å². The molecule has 0 amide bonds. The Morgan fingerprint density at radius 2 is 1.88 bits per heavy atom. The van der Waals surface area contributed by atoms with Gasteiger partial charge in [-0.1, -0.05) is 31.2 Å². The largest absolute Gasteiger partial charge is 0.313 e. The van der Waals surface area contributed by atoms with Crippen molar-refractivity contribution in [3.05, 3.63) is 48.5 Å². The first-order chi connectivity index (χ1) is 8.42. The van der Waals surface area contributed by atoms with Crippen LogP contribution in [0.25, 0.3) is 11.1 Å². The van der Waals surface area contributed by atoms with Crippen LogP contribution >= 0.6 is 0 Å². The van der Waals surface area contributed by atoms with Gasteiger partial charge in [-0.2, -0.15) is 0 Å². The van der Waals surface area contributed by atoms with Crippen LogP contribution in [0.1, 0.15) is 18.9 Å². The van der Waals surface area contributed by atoms with E-state index in [-0.39, 0.29) is 0 Å². The van der Waals surface area contributed by atoms with Crippen molar-refractivity contribution < 1.29 is 0 Å². The van der Waals surface area contributed by atoms with Crippen LogP contribution in [-0.2, 0) is 6.54 Å². The van der Waals surface area contributed by atoms with E-state index in [1.165, 1.54) is 11.1 Å². The Bertz CT molecular complexity index is 454. The highest BCUT2D eigenvalue weighted by molar-refractivity contribution is 5.65. The van der Waals surface area contributed by atoms with E-state index in [4.69, 9.17) is 0 Å². The summed E-state index contributed by atoms with van der Waals surface area (Å²) >= 11 is 0. The highest BCUT2D eigenvalue weighted by Crippen LogP contribution is 2.21. The quantitative estimate of drug-likeness (QED) is 0.798. The molecule has 0 bridgehead atoms. The summed E-state index contributed by atoms with van der Waals surface area (Å²) in [5.74, 6) is 0. The van der Waals surface area contributed by atoms with Gasteiger partial charge in [0.15, 0.2) is 0 Å². The lowest BCUT2D eigenvalue weighted by atomic mass is 10.0. The average Bonchev–Trinajstić information content (AvgIpc) is 2.41. The topological polar surface area (TPSA) is 37.8 Å². The average molecular weight is 227 g/mol. The van der Waals surface area contributed by atoms with E-state index in [0.717, 1.165) is 25.1 Å². The Morgan fingerprint density at radius 3 is 2.65 bits per heavy atom. The van der Waals surface area contributed by atoms with Crippen LogP contribution in [0.4, 0.5) is 0 Å². The van der Waals surface area contributed by atoms with Gasteiger partial charge in [-0.3, -0.25) is 0 Å². The zero-order valence-electron chi connectivity index (χ0n) is 10.1. The predicted octanol–water partition coefficient (Wildman–Crippen LogP) is 2.64. The molecule has 1 N–H and O–H groups in total. The van der Waals surface area contributed by atoms with E-state index < -0.39 is 0 Å². The zero-order chi connectivity index (χ0) is 11.9. The Kier molecular flexibility index (Phi) is 4.22. The summed E-state index contributed by atoms with van der Waals surface area (Å²) in [6.07, 6.45) is 6.41. The molecule has 0 aliphatic heterocycles. The van der Waals surface area contributed by atoms with Gasteiger partial charge < -0.3 is 5.32 Å². The van der Waals surface area contributed by atoms with Crippen molar-refractivity contribution >= 4 is 0 Å². The van der Waals surface area contributed by atoms with Gasteiger partial charge in [0.25, 0.3) is 0 Å². The van der Waals surface area contributed by atoms with Crippen molar-refractivity contribution in [1.82, 2.24) is 15.3 Å². The fourth-order valence-electron chi connectivity index (χ4n) is 1.79. The maximum Gasteiger partial charge on any atom is 0.115 e. The molecule has 0 aliphatic rings. The highest BCUT2D eigenvalue weighted by Gasteiger charge is 2.03. The molecule has 3 heteroatoms. The van der Waals surface area contributed by atoms with Crippen molar-refractivity contribution in [2.45, 2.75) is 19.9 Å². The van der Waals surface area contributed by atoms with E-state index in [9.17, 15) is 0 Å². The molecule has 0 spiro atoms. The summed E-state index contributed by atoms with van der Waals surface area (Å²) in [5.41, 5.74) is 3.56. The maximum absolute atomic E-state index is 4.07. The van der Waals surface area contributed by atoms with Crippen molar-refractivity contribution in [3.63, 3.8) is 0 Å². The monoisotopic (exact) mass is 227 g/mol. The van der Waals surface area contributed by atoms with Crippen molar-refractivity contribution in [1.29, 1.82) is 0 Å². The Hall–Kier alpha value is -1.74. The molecular formula is C14H17N3. The molecule has 2 rings (SSSR count). The van der Waals surface area contributed by atoms with Gasteiger partial charge in [-0.05, 0) is 24.1 Å². The van der Waals surface area contributed by atoms with Crippen LogP contribution in [0.5, 0.6) is 0 Å². The van der Waals surface area contributed by atoms with Crippen LogP contribution in [-0.4, -0.2) is 16.5 Å². The van der Waals surface area contributed by atoms with E-state index in [2.05, 4.69) is 40.4 Å². The van der Waals surface area contributed by atoms with Gasteiger partial charge in [0.1, 0.15) is 6.33 Å². The molecule has 0 aliphatic carbocycles. The molecule has 88 valence electrons. The molecule has 1 aromatic carbocycles. The molecule has 2 aromatic rings. The zero-order valence-corrected chi connectivity index (χ0v) is 10.1. The number of hydrogen-bond donors (Lipinski definition) is 1. The second-order valence-electron chi connectivity index (χ2n) is 3.96. The van der Waals surface area contributed by atoms with Crippen LogP contribution in [0.15, 0.2) is 43.0 Å². The molecule has 17 heavy (non-hydrogen) atoms. The smallest absolute Gasteiger partial charge is 0.115 e. The van der Waals surface area contributed by atoms with Gasteiger partial charge in [0.05, 0.1) is 0 Å². The van der Waals surface area contributed by atoms with Gasteiger partial charge in [0, 0.05) is 24.5 Å². The molecule has 1 aromatic heterocycles. The Labute approximate surface area is 102 Å². The molecule has 3 nitrogen and oxygen atoms in total. The first kappa shape index (κ1) is 11.7. The van der Waals surface area contributed by atoms with Crippen LogP contribution < -0.4 is 5.32 Å². The molecule has 0 saturated heterocycles. The minimum atomic E-state index is 0.888. The maximum atomic E-state index is 4.07. The van der Waals surface area contributed by atoms with Crippen LogP contribution in [0.2, 0.25) is 0 Å². The summed E-state index contributed by atoms with van der Waals surface area (Å²) in [6, 6.07) is 8.37. The third-order valence-corrected chi connectivity index (χ3v) is 2.63. The molecular weight excluding hydrogens is 210 g/mol. The highest BCUT2D eigenvalue weighted by atomic mass is 14.8. The summed E-state index contributed by atoms with van der Waals surface area (Å²) < 4.78 is 0. The summed E-state index contributed by atoms with van der Waals surface area (Å²) in [4.78, 5) is 8.13. The lowest BCUT2D eigenvalue weighted by Crippen LogP contribution is -2.14. The summed E-state index contributed by atoms with van der Waals surface area (Å²) in [5, 5.41) is 3.42. The van der Waals surface area contributed by atoms with Gasteiger partial charge >= 0.3 is 0 Å². The number of nitrogens with one attached hydrogen (secondary N) is 1. The molecule has 0 atom stereocenters. The fraction of sp³-hybridized carbons (Fsp3) is 0.286. The molecule has 1 heterocycles. The van der Waals surface area contributed by atoms with Crippen LogP contribution in [0, 0.1) is 0 Å². The lowest BCUT2D eigenvalue weighted by Gasteiger charge is -2.09. The number of rotatable bonds is 5. The Morgan fingerprint density at radius 1 is 1.12 bits per heavy atom. The molecule has 0 fully saturated rings. The number of benzene rings is 1. The summed E-state index contributed by atoms with van der Waals surface area (Å²) in [6.45, 7) is 4.10. The minimum absolute atomic E-state index is 0.888. The number of aromatic nitrogens is 2. The standard InChI is InChI=1S/C14H17N3/c1-2-7-15-8-12-5-3-4-6-14(12)13-9-16-11-17-10-13/h3-6,9-11,15H,2,7-8H2,1H3. The third-order valence-electron chi connectivity index (χ3n) is 2.63. The fourth-order valence-corrected chi connectivity index (χ4v) is 1.79. The number of nitrogens with zero attached hydrogens (tertiary/aromatic N) is 2. The normalized spacial score (nSPS) is 10.4. The molecule has 0 unspecified atom stereocenters. The molecule has 0 saturated carbocycles. The third kappa shape index (κ3) is 3.11. The van der Waals surface area contributed by atoms with Gasteiger partial charge in [-0.25, -0.2) is 9.97 Å². The van der Waals surface area contributed by atoms with E-state index in [1.807, 2.05) is 18.5 Å². The predicted molar refractivity (Wildman–Crippen MR) is 69.5 cm³/mol. The lowest BCUT2D eigenvalue weighted by molar-refractivity contribution is 0.676. The van der Waals surface area contributed by atoms with E-state index in [0.29, 0.717) is 0 Å². The van der Waals surface area contributed by atoms with Crippen molar-refractivity contribution in [2.24, 2.45) is 0 Å². The minimum Gasteiger partial charge on any atom is -0.313 e. The molecule has 0 radical (unpaired) electrons. The SMILES string of the molecule is CCCNCc1ccccc1-c1cncnc1. The Balaban J connectivity index is 2.22. The van der Waals surface area contributed by atoms with Crippen molar-refractivity contribution in [2.75, 3.05) is 6.54 Å². The van der Waals surface area contributed by atoms with Crippen molar-refractivity contribution in [3.8, 4) is 11.1 Å². The second kappa shape index (κ2) is 6.11. The van der Waals surface area contributed by atoms with Gasteiger partial charge in [0.2, 0.25) is 0 Å². The van der Waals surface area contributed by atoms with Gasteiger partial charge in [-0.15, -0.1) is 0 Å². The summed E-state index contributed by atoms with van der Waals surface area (Å²) in [7, 11) is 0.